The maximum absolute atomic E-state index is 12.3. The molecule has 2 aromatic carbocycles. The molecule has 23 heavy (non-hydrogen) atoms. The number of hydrogen-bond acceptors (Lipinski definition) is 3. The monoisotopic (exact) mass is 306 g/mol. The highest BCUT2D eigenvalue weighted by atomic mass is 16.1. The fourth-order valence-electron chi connectivity index (χ4n) is 2.29. The number of nitrogens with one attached hydrogen (secondary N) is 1. The van der Waals surface area contributed by atoms with Crippen LogP contribution in [-0.2, 0) is 0 Å². The van der Waals surface area contributed by atoms with E-state index in [1.54, 1.807) is 23.1 Å². The Morgan fingerprint density at radius 3 is 2.57 bits per heavy atom. The number of nitrogens with zero attached hydrogens (tertiary/aromatic N) is 3. The minimum absolute atomic E-state index is 0.129. The number of anilines is 1. The van der Waals surface area contributed by atoms with E-state index in [0.717, 1.165) is 11.4 Å². The van der Waals surface area contributed by atoms with Crippen molar-refractivity contribution < 1.29 is 4.79 Å². The Kier molecular flexibility index (Phi) is 4.19. The molecule has 0 unspecified atom stereocenters. The van der Waals surface area contributed by atoms with E-state index >= 15 is 0 Å². The van der Waals surface area contributed by atoms with Crippen molar-refractivity contribution in [1.82, 2.24) is 14.8 Å². The smallest absolute Gasteiger partial charge is 0.255 e. The Bertz CT molecular complexity index is 792. The first kappa shape index (κ1) is 15.0. The minimum Gasteiger partial charge on any atom is -0.322 e. The molecule has 1 amide bonds. The molecule has 0 aliphatic rings. The Morgan fingerprint density at radius 1 is 1.13 bits per heavy atom. The summed E-state index contributed by atoms with van der Waals surface area (Å²) in [6, 6.07) is 15.2. The fourth-order valence-corrected chi connectivity index (χ4v) is 2.29. The zero-order valence-corrected chi connectivity index (χ0v) is 13.1. The van der Waals surface area contributed by atoms with E-state index in [2.05, 4.69) is 35.3 Å². The molecule has 0 radical (unpaired) electrons. The standard InChI is InChI=1S/C18H18N4O/c1-13(2)15-4-3-5-16(10-15)21-18(23)14-6-8-17(9-7-14)22-12-19-11-20-22/h3-13H,1-2H3,(H,21,23). The van der Waals surface area contributed by atoms with E-state index in [4.69, 9.17) is 0 Å². The van der Waals surface area contributed by atoms with Crippen LogP contribution in [0.1, 0.15) is 35.7 Å². The molecule has 0 saturated heterocycles. The number of carbonyl (C=O) groups excluding carboxylic acids is 1. The Labute approximate surface area is 135 Å². The Balaban J connectivity index is 1.74. The Morgan fingerprint density at radius 2 is 1.91 bits per heavy atom. The Hall–Kier alpha value is -2.95. The lowest BCUT2D eigenvalue weighted by Gasteiger charge is -2.10. The number of benzene rings is 2. The minimum atomic E-state index is -0.129. The van der Waals surface area contributed by atoms with Gasteiger partial charge in [0.05, 0.1) is 5.69 Å². The molecular weight excluding hydrogens is 288 g/mol. The molecule has 3 rings (SSSR count). The van der Waals surface area contributed by atoms with Gasteiger partial charge in [-0.1, -0.05) is 26.0 Å². The topological polar surface area (TPSA) is 59.8 Å². The number of aromatic nitrogens is 3. The second-order valence-corrected chi connectivity index (χ2v) is 5.62. The quantitative estimate of drug-likeness (QED) is 0.800. The number of carbonyl (C=O) groups is 1. The van der Waals surface area contributed by atoms with Gasteiger partial charge in [0.2, 0.25) is 0 Å². The van der Waals surface area contributed by atoms with Gasteiger partial charge in [0.15, 0.2) is 0 Å². The van der Waals surface area contributed by atoms with Crippen LogP contribution in [-0.4, -0.2) is 20.7 Å². The van der Waals surface area contributed by atoms with Gasteiger partial charge < -0.3 is 5.32 Å². The summed E-state index contributed by atoms with van der Waals surface area (Å²) in [6.45, 7) is 4.26. The predicted molar refractivity (Wildman–Crippen MR) is 89.8 cm³/mol. The summed E-state index contributed by atoms with van der Waals surface area (Å²) in [7, 11) is 0. The zero-order chi connectivity index (χ0) is 16.2. The predicted octanol–water partition coefficient (Wildman–Crippen LogP) is 3.64. The second-order valence-electron chi connectivity index (χ2n) is 5.62. The lowest BCUT2D eigenvalue weighted by molar-refractivity contribution is 0.102. The molecule has 116 valence electrons. The summed E-state index contributed by atoms with van der Waals surface area (Å²) >= 11 is 0. The maximum Gasteiger partial charge on any atom is 0.255 e. The van der Waals surface area contributed by atoms with Gasteiger partial charge in [0.1, 0.15) is 12.7 Å². The van der Waals surface area contributed by atoms with Crippen molar-refractivity contribution in [3.8, 4) is 5.69 Å². The average Bonchev–Trinajstić information content (AvgIpc) is 3.09. The van der Waals surface area contributed by atoms with Crippen molar-refractivity contribution in [2.24, 2.45) is 0 Å². The van der Waals surface area contributed by atoms with Gasteiger partial charge in [-0.15, -0.1) is 0 Å². The average molecular weight is 306 g/mol. The van der Waals surface area contributed by atoms with Crippen LogP contribution in [0.15, 0.2) is 61.2 Å². The van der Waals surface area contributed by atoms with Crippen molar-refractivity contribution >= 4 is 11.6 Å². The van der Waals surface area contributed by atoms with E-state index in [9.17, 15) is 4.79 Å². The molecule has 0 saturated carbocycles. The SMILES string of the molecule is CC(C)c1cccc(NC(=O)c2ccc(-n3cncn3)cc2)c1. The van der Waals surface area contributed by atoms with E-state index in [0.29, 0.717) is 11.5 Å². The van der Waals surface area contributed by atoms with Crippen LogP contribution in [0.3, 0.4) is 0 Å². The van der Waals surface area contributed by atoms with Crippen LogP contribution in [0.4, 0.5) is 5.69 Å². The molecule has 0 atom stereocenters. The van der Waals surface area contributed by atoms with Gasteiger partial charge >= 0.3 is 0 Å². The van der Waals surface area contributed by atoms with Crippen LogP contribution in [0.2, 0.25) is 0 Å². The lowest BCUT2D eigenvalue weighted by atomic mass is 10.0. The van der Waals surface area contributed by atoms with Crippen molar-refractivity contribution in [2.75, 3.05) is 5.32 Å². The molecule has 0 fully saturated rings. The first-order valence-corrected chi connectivity index (χ1v) is 7.50. The molecule has 0 aliphatic carbocycles. The van der Waals surface area contributed by atoms with Gasteiger partial charge in [-0.3, -0.25) is 4.79 Å². The van der Waals surface area contributed by atoms with E-state index in [1.807, 2.05) is 30.3 Å². The molecule has 0 bridgehead atoms. The van der Waals surface area contributed by atoms with E-state index in [1.165, 1.54) is 11.9 Å². The first-order valence-electron chi connectivity index (χ1n) is 7.50. The molecule has 0 spiro atoms. The van der Waals surface area contributed by atoms with Gasteiger partial charge in [0, 0.05) is 11.3 Å². The van der Waals surface area contributed by atoms with Crippen LogP contribution in [0.5, 0.6) is 0 Å². The normalized spacial score (nSPS) is 10.7. The van der Waals surface area contributed by atoms with Gasteiger partial charge in [-0.05, 0) is 47.9 Å². The highest BCUT2D eigenvalue weighted by Gasteiger charge is 2.08. The van der Waals surface area contributed by atoms with Crippen LogP contribution >= 0.6 is 0 Å². The first-order chi connectivity index (χ1) is 11.1. The molecular formula is C18H18N4O. The van der Waals surface area contributed by atoms with Crippen molar-refractivity contribution in [3.05, 3.63) is 72.3 Å². The second kappa shape index (κ2) is 6.44. The van der Waals surface area contributed by atoms with Crippen LogP contribution in [0, 0.1) is 0 Å². The molecule has 1 N–H and O–H groups in total. The largest absolute Gasteiger partial charge is 0.322 e. The third kappa shape index (κ3) is 3.45. The van der Waals surface area contributed by atoms with Gasteiger partial charge in [-0.2, -0.15) is 5.10 Å². The zero-order valence-electron chi connectivity index (χ0n) is 13.1. The van der Waals surface area contributed by atoms with Crippen LogP contribution < -0.4 is 5.32 Å². The summed E-state index contributed by atoms with van der Waals surface area (Å²) in [6.07, 6.45) is 3.09. The number of hydrogen-bond donors (Lipinski definition) is 1. The van der Waals surface area contributed by atoms with Gasteiger partial charge in [0.25, 0.3) is 5.91 Å². The number of amides is 1. The highest BCUT2D eigenvalue weighted by molar-refractivity contribution is 6.04. The van der Waals surface area contributed by atoms with Gasteiger partial charge in [-0.25, -0.2) is 9.67 Å². The lowest BCUT2D eigenvalue weighted by Crippen LogP contribution is -2.12. The molecule has 0 aliphatic heterocycles. The molecule has 1 heterocycles. The van der Waals surface area contributed by atoms with Crippen molar-refractivity contribution in [3.63, 3.8) is 0 Å². The highest BCUT2D eigenvalue weighted by Crippen LogP contribution is 2.19. The van der Waals surface area contributed by atoms with E-state index < -0.39 is 0 Å². The van der Waals surface area contributed by atoms with Crippen molar-refractivity contribution in [1.29, 1.82) is 0 Å². The van der Waals surface area contributed by atoms with Crippen LogP contribution in [0.25, 0.3) is 5.69 Å². The van der Waals surface area contributed by atoms with Crippen molar-refractivity contribution in [2.45, 2.75) is 19.8 Å². The maximum atomic E-state index is 12.3. The third-order valence-electron chi connectivity index (χ3n) is 3.62. The van der Waals surface area contributed by atoms with E-state index in [-0.39, 0.29) is 5.91 Å². The number of rotatable bonds is 4. The fraction of sp³-hybridized carbons (Fsp3) is 0.167. The third-order valence-corrected chi connectivity index (χ3v) is 3.62. The molecule has 1 aromatic heterocycles. The summed E-state index contributed by atoms with van der Waals surface area (Å²) in [5.74, 6) is 0.296. The molecule has 3 aromatic rings. The summed E-state index contributed by atoms with van der Waals surface area (Å²) < 4.78 is 1.65. The summed E-state index contributed by atoms with van der Waals surface area (Å²) in [5, 5.41) is 6.99. The molecule has 5 heteroatoms. The summed E-state index contributed by atoms with van der Waals surface area (Å²) in [4.78, 5) is 16.3. The summed E-state index contributed by atoms with van der Waals surface area (Å²) in [5.41, 5.74) is 3.47. The molecule has 5 nitrogen and oxygen atoms in total.